The van der Waals surface area contributed by atoms with Crippen molar-refractivity contribution < 1.29 is 9.53 Å². The van der Waals surface area contributed by atoms with Crippen molar-refractivity contribution in [3.63, 3.8) is 0 Å². The molecule has 1 heterocycles. The maximum absolute atomic E-state index is 10.4. The first kappa shape index (κ1) is 15.2. The molecule has 0 unspecified atom stereocenters. The number of rotatable bonds is 6. The number of alkyl halides is 2. The van der Waals surface area contributed by atoms with E-state index >= 15 is 0 Å². The summed E-state index contributed by atoms with van der Waals surface area (Å²) in [5.41, 5.74) is 0. The van der Waals surface area contributed by atoms with Gasteiger partial charge in [0, 0.05) is 11.2 Å². The van der Waals surface area contributed by atoms with Gasteiger partial charge in [-0.15, -0.1) is 11.6 Å². The molecule has 4 atom stereocenters. The van der Waals surface area contributed by atoms with E-state index in [-0.39, 0.29) is 17.6 Å². The molecule has 2 nitrogen and oxygen atoms in total. The van der Waals surface area contributed by atoms with Gasteiger partial charge < -0.3 is 9.53 Å². The zero-order valence-corrected chi connectivity index (χ0v) is 12.5. The minimum absolute atomic E-state index is 0.0203. The SMILES string of the molecule is CC[C@H](Br)[C@@H]1CC=CC[C@H]([C@H](Cl)CCC=O)O1. The Morgan fingerprint density at radius 3 is 2.71 bits per heavy atom. The summed E-state index contributed by atoms with van der Waals surface area (Å²) in [7, 11) is 0. The van der Waals surface area contributed by atoms with Crippen LogP contribution in [-0.4, -0.2) is 28.7 Å². The molecule has 1 aliphatic rings. The lowest BCUT2D eigenvalue weighted by Gasteiger charge is -2.27. The van der Waals surface area contributed by atoms with Crippen molar-refractivity contribution >= 4 is 33.8 Å². The van der Waals surface area contributed by atoms with Crippen LogP contribution in [0.4, 0.5) is 0 Å². The molecular weight excluding hydrogens is 303 g/mol. The van der Waals surface area contributed by atoms with Gasteiger partial charge in [-0.2, -0.15) is 0 Å². The average Bonchev–Trinajstić information content (AvgIpc) is 2.60. The molecule has 0 aromatic carbocycles. The Morgan fingerprint density at radius 2 is 2.12 bits per heavy atom. The summed E-state index contributed by atoms with van der Waals surface area (Å²) in [5, 5.41) is -0.0815. The van der Waals surface area contributed by atoms with Gasteiger partial charge in [0.1, 0.15) is 6.29 Å². The van der Waals surface area contributed by atoms with Crippen molar-refractivity contribution in [3.05, 3.63) is 12.2 Å². The largest absolute Gasteiger partial charge is 0.372 e. The second-order valence-electron chi connectivity index (χ2n) is 4.34. The van der Waals surface area contributed by atoms with Crippen LogP contribution in [0.5, 0.6) is 0 Å². The zero-order valence-electron chi connectivity index (χ0n) is 10.1. The van der Waals surface area contributed by atoms with Crippen LogP contribution in [-0.2, 0) is 9.53 Å². The molecule has 0 aliphatic carbocycles. The average molecular weight is 324 g/mol. The molecule has 17 heavy (non-hydrogen) atoms. The van der Waals surface area contributed by atoms with Crippen LogP contribution in [0.1, 0.15) is 39.0 Å². The highest BCUT2D eigenvalue weighted by Gasteiger charge is 2.27. The number of ether oxygens (including phenoxy) is 1. The molecule has 1 rings (SSSR count). The third-order valence-electron chi connectivity index (χ3n) is 3.01. The Morgan fingerprint density at radius 1 is 1.47 bits per heavy atom. The zero-order chi connectivity index (χ0) is 12.7. The molecule has 0 radical (unpaired) electrons. The predicted octanol–water partition coefficient (Wildman–Crippen LogP) is 3.85. The minimum atomic E-state index is -0.0815. The van der Waals surface area contributed by atoms with Crippen LogP contribution in [0, 0.1) is 0 Å². The summed E-state index contributed by atoms with van der Waals surface area (Å²) in [5.74, 6) is 0. The van der Waals surface area contributed by atoms with E-state index in [1.54, 1.807) is 0 Å². The Kier molecular flexibility index (Phi) is 7.40. The van der Waals surface area contributed by atoms with E-state index in [9.17, 15) is 4.79 Å². The van der Waals surface area contributed by atoms with Gasteiger partial charge in [-0.05, 0) is 25.7 Å². The number of hydrogen-bond acceptors (Lipinski definition) is 2. The third-order valence-corrected chi connectivity index (χ3v) is 4.75. The molecule has 0 aromatic rings. The van der Waals surface area contributed by atoms with Crippen molar-refractivity contribution in [3.8, 4) is 0 Å². The van der Waals surface area contributed by atoms with Crippen molar-refractivity contribution in [2.45, 2.75) is 61.4 Å². The van der Waals surface area contributed by atoms with Gasteiger partial charge in [-0.25, -0.2) is 0 Å². The van der Waals surface area contributed by atoms with Crippen molar-refractivity contribution in [1.82, 2.24) is 0 Å². The standard InChI is InChI=1S/C13H20BrClO2/c1-2-10(14)12-7-3-4-8-13(17-12)11(15)6-5-9-16/h3-4,9-13H,2,5-8H2,1H3/t10-,11+,12-,13+/m0/s1. The van der Waals surface area contributed by atoms with E-state index in [1.807, 2.05) is 0 Å². The second-order valence-corrected chi connectivity index (χ2v) is 6.08. The van der Waals surface area contributed by atoms with Gasteiger partial charge in [-0.1, -0.05) is 35.0 Å². The Balaban J connectivity index is 2.53. The molecule has 1 aliphatic heterocycles. The fourth-order valence-corrected chi connectivity index (χ4v) is 2.57. The fraction of sp³-hybridized carbons (Fsp3) is 0.769. The molecular formula is C13H20BrClO2. The topological polar surface area (TPSA) is 26.3 Å². The molecule has 98 valence electrons. The summed E-state index contributed by atoms with van der Waals surface area (Å²) in [6.07, 6.45) is 9.42. The summed E-state index contributed by atoms with van der Waals surface area (Å²) in [6, 6.07) is 0. The first-order valence-electron chi connectivity index (χ1n) is 6.21. The van der Waals surface area contributed by atoms with E-state index in [1.165, 1.54) is 0 Å². The Labute approximate surface area is 117 Å². The summed E-state index contributed by atoms with van der Waals surface area (Å²) in [4.78, 5) is 10.7. The highest BCUT2D eigenvalue weighted by atomic mass is 79.9. The molecule has 4 heteroatoms. The van der Waals surface area contributed by atoms with E-state index in [0.717, 1.165) is 25.5 Å². The minimum Gasteiger partial charge on any atom is -0.372 e. The monoisotopic (exact) mass is 322 g/mol. The first-order chi connectivity index (χ1) is 8.19. The van der Waals surface area contributed by atoms with Gasteiger partial charge in [0.25, 0.3) is 0 Å². The lowest BCUT2D eigenvalue weighted by Crippen LogP contribution is -2.32. The lowest BCUT2D eigenvalue weighted by atomic mass is 10.1. The molecule has 0 bridgehead atoms. The molecule has 0 amide bonds. The molecule has 0 fully saturated rings. The number of hydrogen-bond donors (Lipinski definition) is 0. The number of halogens is 2. The highest BCUT2D eigenvalue weighted by Crippen LogP contribution is 2.26. The molecule has 0 aromatic heterocycles. The van der Waals surface area contributed by atoms with Gasteiger partial charge in [-0.3, -0.25) is 0 Å². The molecule has 0 spiro atoms. The number of carbonyl (C=O) groups excluding carboxylic acids is 1. The van der Waals surface area contributed by atoms with Gasteiger partial charge in [0.05, 0.1) is 17.6 Å². The fourth-order valence-electron chi connectivity index (χ4n) is 1.94. The maximum Gasteiger partial charge on any atom is 0.120 e. The first-order valence-corrected chi connectivity index (χ1v) is 7.56. The van der Waals surface area contributed by atoms with Crippen LogP contribution in [0.25, 0.3) is 0 Å². The van der Waals surface area contributed by atoms with Gasteiger partial charge in [0.2, 0.25) is 0 Å². The third kappa shape index (κ3) is 5.11. The number of carbonyl (C=O) groups is 1. The van der Waals surface area contributed by atoms with E-state index in [2.05, 4.69) is 35.0 Å². The van der Waals surface area contributed by atoms with Crippen LogP contribution >= 0.6 is 27.5 Å². The highest BCUT2D eigenvalue weighted by molar-refractivity contribution is 9.09. The molecule has 0 N–H and O–H groups in total. The maximum atomic E-state index is 10.4. The van der Waals surface area contributed by atoms with E-state index in [4.69, 9.17) is 16.3 Å². The summed E-state index contributed by atoms with van der Waals surface area (Å²) >= 11 is 9.94. The van der Waals surface area contributed by atoms with Crippen LogP contribution in [0.2, 0.25) is 0 Å². The van der Waals surface area contributed by atoms with E-state index < -0.39 is 0 Å². The molecule has 0 saturated carbocycles. The van der Waals surface area contributed by atoms with Crippen molar-refractivity contribution in [1.29, 1.82) is 0 Å². The molecule has 0 saturated heterocycles. The van der Waals surface area contributed by atoms with Crippen LogP contribution in [0.3, 0.4) is 0 Å². The predicted molar refractivity (Wildman–Crippen MR) is 75.0 cm³/mol. The summed E-state index contributed by atoms with van der Waals surface area (Å²) in [6.45, 7) is 2.14. The summed E-state index contributed by atoms with van der Waals surface area (Å²) < 4.78 is 6.07. The smallest absolute Gasteiger partial charge is 0.120 e. The van der Waals surface area contributed by atoms with Crippen molar-refractivity contribution in [2.75, 3.05) is 0 Å². The Bertz CT molecular complexity index is 258. The number of aldehydes is 1. The Hall–Kier alpha value is 0.140. The normalized spacial score (nSPS) is 28.4. The van der Waals surface area contributed by atoms with Crippen LogP contribution in [0.15, 0.2) is 12.2 Å². The quantitative estimate of drug-likeness (QED) is 0.421. The van der Waals surface area contributed by atoms with Crippen molar-refractivity contribution in [2.24, 2.45) is 0 Å². The lowest BCUT2D eigenvalue weighted by molar-refractivity contribution is -0.108. The van der Waals surface area contributed by atoms with Gasteiger partial charge >= 0.3 is 0 Å². The van der Waals surface area contributed by atoms with E-state index in [0.29, 0.717) is 17.7 Å². The van der Waals surface area contributed by atoms with Gasteiger partial charge in [0.15, 0.2) is 0 Å². The second kappa shape index (κ2) is 8.28. The van der Waals surface area contributed by atoms with Crippen LogP contribution < -0.4 is 0 Å².